The van der Waals surface area contributed by atoms with E-state index in [1.54, 1.807) is 0 Å². The lowest BCUT2D eigenvalue weighted by Crippen LogP contribution is -1.97. The third-order valence-electron chi connectivity index (χ3n) is 1.47. The summed E-state index contributed by atoms with van der Waals surface area (Å²) in [5.41, 5.74) is 0. The molecule has 0 heterocycles. The van der Waals surface area contributed by atoms with Crippen LogP contribution in [0.2, 0.25) is 0 Å². The zero-order chi connectivity index (χ0) is 10.9. The third kappa shape index (κ3) is 2.37. The first kappa shape index (κ1) is 11.7. The Balaban J connectivity index is 3.44. The highest BCUT2D eigenvalue weighted by molar-refractivity contribution is 9.10. The van der Waals surface area contributed by atoms with Crippen LogP contribution in [0, 0.1) is 5.82 Å². The Morgan fingerprint density at radius 2 is 2.07 bits per heavy atom. The van der Waals surface area contributed by atoms with E-state index in [1.165, 1.54) is 7.11 Å². The van der Waals surface area contributed by atoms with Gasteiger partial charge in [-0.2, -0.15) is 0 Å². The minimum atomic E-state index is -4.07. The summed E-state index contributed by atoms with van der Waals surface area (Å²) in [5, 5.41) is 0. The zero-order valence-corrected chi connectivity index (χ0v) is 10.1. The van der Waals surface area contributed by atoms with Crippen molar-refractivity contribution in [2.75, 3.05) is 7.11 Å². The summed E-state index contributed by atoms with van der Waals surface area (Å²) in [4.78, 5) is -0.577. The van der Waals surface area contributed by atoms with E-state index < -0.39 is 19.8 Å². The predicted octanol–water partition coefficient (Wildman–Crippen LogP) is 2.52. The van der Waals surface area contributed by atoms with Gasteiger partial charge in [0.05, 0.1) is 11.6 Å². The summed E-state index contributed by atoms with van der Waals surface area (Å²) in [6.07, 6.45) is 0. The second-order valence-electron chi connectivity index (χ2n) is 2.36. The smallest absolute Gasteiger partial charge is 0.264 e. The van der Waals surface area contributed by atoms with Crippen LogP contribution < -0.4 is 4.74 Å². The van der Waals surface area contributed by atoms with Gasteiger partial charge in [0.15, 0.2) is 0 Å². The van der Waals surface area contributed by atoms with Gasteiger partial charge in [-0.15, -0.1) is 0 Å². The van der Waals surface area contributed by atoms with Crippen LogP contribution in [0.25, 0.3) is 0 Å². The molecule has 14 heavy (non-hydrogen) atoms. The molecule has 0 aliphatic rings. The molecule has 1 aromatic rings. The standard InChI is InChI=1S/C7H5BrClFO3S/c1-13-6-3-5(10)7(2-4(6)8)14(9,11)12/h2-3H,1H3. The van der Waals surface area contributed by atoms with Crippen LogP contribution in [-0.2, 0) is 9.05 Å². The molecule has 0 saturated heterocycles. The quantitative estimate of drug-likeness (QED) is 0.789. The third-order valence-corrected chi connectivity index (χ3v) is 3.43. The molecule has 0 saturated carbocycles. The van der Waals surface area contributed by atoms with E-state index >= 15 is 0 Å². The summed E-state index contributed by atoms with van der Waals surface area (Å²) in [6.45, 7) is 0. The lowest BCUT2D eigenvalue weighted by molar-refractivity contribution is 0.407. The van der Waals surface area contributed by atoms with Crippen molar-refractivity contribution in [3.63, 3.8) is 0 Å². The molecule has 3 nitrogen and oxygen atoms in total. The Morgan fingerprint density at radius 3 is 2.50 bits per heavy atom. The molecular formula is C7H5BrClFO3S. The summed E-state index contributed by atoms with van der Waals surface area (Å²) < 4.78 is 40.0. The van der Waals surface area contributed by atoms with Crippen molar-refractivity contribution in [3.05, 3.63) is 22.4 Å². The average molecular weight is 304 g/mol. The molecule has 1 rings (SSSR count). The highest BCUT2D eigenvalue weighted by Crippen LogP contribution is 2.31. The Morgan fingerprint density at radius 1 is 1.50 bits per heavy atom. The van der Waals surface area contributed by atoms with Crippen molar-refractivity contribution in [2.45, 2.75) is 4.90 Å². The van der Waals surface area contributed by atoms with Crippen LogP contribution in [0.1, 0.15) is 0 Å². The highest BCUT2D eigenvalue weighted by atomic mass is 79.9. The fourth-order valence-corrected chi connectivity index (χ4v) is 2.42. The fourth-order valence-electron chi connectivity index (χ4n) is 0.854. The lowest BCUT2D eigenvalue weighted by atomic mass is 10.3. The van der Waals surface area contributed by atoms with Crippen LogP contribution >= 0.6 is 26.6 Å². The maximum absolute atomic E-state index is 13.1. The van der Waals surface area contributed by atoms with E-state index in [9.17, 15) is 12.8 Å². The number of ether oxygens (including phenoxy) is 1. The van der Waals surface area contributed by atoms with Crippen molar-refractivity contribution < 1.29 is 17.5 Å². The van der Waals surface area contributed by atoms with Crippen molar-refractivity contribution in [1.82, 2.24) is 0 Å². The summed E-state index contributed by atoms with van der Waals surface area (Å²) in [5.74, 6) is -0.744. The Hall–Kier alpha value is -0.330. The van der Waals surface area contributed by atoms with Crippen LogP contribution in [0.3, 0.4) is 0 Å². The average Bonchev–Trinajstić information content (AvgIpc) is 2.06. The number of benzene rings is 1. The lowest BCUT2D eigenvalue weighted by Gasteiger charge is -2.05. The molecule has 0 fully saturated rings. The van der Waals surface area contributed by atoms with Gasteiger partial charge >= 0.3 is 0 Å². The minimum Gasteiger partial charge on any atom is -0.495 e. The van der Waals surface area contributed by atoms with Gasteiger partial charge in [0.25, 0.3) is 9.05 Å². The summed E-state index contributed by atoms with van der Waals surface area (Å²) in [7, 11) is 2.27. The predicted molar refractivity (Wildman–Crippen MR) is 53.7 cm³/mol. The van der Waals surface area contributed by atoms with Crippen molar-refractivity contribution in [1.29, 1.82) is 0 Å². The maximum Gasteiger partial charge on any atom is 0.264 e. The molecule has 78 valence electrons. The van der Waals surface area contributed by atoms with Gasteiger partial charge in [-0.25, -0.2) is 12.8 Å². The van der Waals surface area contributed by atoms with E-state index in [0.29, 0.717) is 4.47 Å². The molecule has 0 N–H and O–H groups in total. The number of hydrogen-bond donors (Lipinski definition) is 0. The Labute approximate surface area is 93.4 Å². The second kappa shape index (κ2) is 4.04. The normalized spacial score (nSPS) is 11.4. The molecule has 0 atom stereocenters. The number of hydrogen-bond acceptors (Lipinski definition) is 3. The molecular weight excluding hydrogens is 298 g/mol. The number of rotatable bonds is 2. The van der Waals surface area contributed by atoms with E-state index in [0.717, 1.165) is 12.1 Å². The number of halogens is 3. The van der Waals surface area contributed by atoms with Gasteiger partial charge in [-0.05, 0) is 22.0 Å². The Bertz CT molecular complexity index is 460. The summed E-state index contributed by atoms with van der Waals surface area (Å²) >= 11 is 3.02. The van der Waals surface area contributed by atoms with Crippen LogP contribution in [0.4, 0.5) is 4.39 Å². The molecule has 0 aliphatic carbocycles. The topological polar surface area (TPSA) is 43.4 Å². The highest BCUT2D eigenvalue weighted by Gasteiger charge is 2.18. The van der Waals surface area contributed by atoms with E-state index in [-0.39, 0.29) is 5.75 Å². The van der Waals surface area contributed by atoms with Crippen LogP contribution in [-0.4, -0.2) is 15.5 Å². The molecule has 0 aliphatic heterocycles. The first-order valence-electron chi connectivity index (χ1n) is 3.34. The van der Waals surface area contributed by atoms with Crippen LogP contribution in [0.5, 0.6) is 5.75 Å². The maximum atomic E-state index is 13.1. The molecule has 0 unspecified atom stereocenters. The fraction of sp³-hybridized carbons (Fsp3) is 0.143. The van der Waals surface area contributed by atoms with Gasteiger partial charge in [0.1, 0.15) is 16.5 Å². The number of methoxy groups -OCH3 is 1. The first-order chi connectivity index (χ1) is 6.36. The Kier molecular flexibility index (Phi) is 3.39. The van der Waals surface area contributed by atoms with Gasteiger partial charge < -0.3 is 4.74 Å². The zero-order valence-electron chi connectivity index (χ0n) is 6.92. The monoisotopic (exact) mass is 302 g/mol. The van der Waals surface area contributed by atoms with Crippen LogP contribution in [0.15, 0.2) is 21.5 Å². The SMILES string of the molecule is COc1cc(F)c(S(=O)(=O)Cl)cc1Br. The van der Waals surface area contributed by atoms with Gasteiger partial charge in [0.2, 0.25) is 0 Å². The van der Waals surface area contributed by atoms with Crippen molar-refractivity contribution >= 4 is 35.7 Å². The molecule has 0 bridgehead atoms. The summed E-state index contributed by atoms with van der Waals surface area (Å²) in [6, 6.07) is 2.00. The molecule has 1 aromatic carbocycles. The van der Waals surface area contributed by atoms with Gasteiger partial charge in [-0.1, -0.05) is 0 Å². The minimum absolute atomic E-state index is 0.201. The molecule has 0 aromatic heterocycles. The largest absolute Gasteiger partial charge is 0.495 e. The first-order valence-corrected chi connectivity index (χ1v) is 6.44. The second-order valence-corrected chi connectivity index (χ2v) is 5.74. The van der Waals surface area contributed by atoms with E-state index in [1.807, 2.05) is 0 Å². The molecule has 0 spiro atoms. The molecule has 7 heteroatoms. The van der Waals surface area contributed by atoms with Gasteiger partial charge in [0, 0.05) is 16.7 Å². The molecule has 0 amide bonds. The van der Waals surface area contributed by atoms with Crippen molar-refractivity contribution in [3.8, 4) is 5.75 Å². The molecule has 0 radical (unpaired) electrons. The van der Waals surface area contributed by atoms with Crippen molar-refractivity contribution in [2.24, 2.45) is 0 Å². The van der Waals surface area contributed by atoms with E-state index in [2.05, 4.69) is 15.9 Å². The van der Waals surface area contributed by atoms with Gasteiger partial charge in [-0.3, -0.25) is 0 Å². The van der Waals surface area contributed by atoms with E-state index in [4.69, 9.17) is 15.4 Å².